The van der Waals surface area contributed by atoms with Gasteiger partial charge in [-0.2, -0.15) is 0 Å². The van der Waals surface area contributed by atoms with Crippen LogP contribution in [0.25, 0.3) is 44.4 Å². The summed E-state index contributed by atoms with van der Waals surface area (Å²) >= 11 is 0. The zero-order valence-corrected chi connectivity index (χ0v) is 30.5. The molecule has 5 heterocycles. The van der Waals surface area contributed by atoms with Gasteiger partial charge < -0.3 is 30.4 Å². The van der Waals surface area contributed by atoms with E-state index in [1.807, 2.05) is 52.0 Å². The van der Waals surface area contributed by atoms with Gasteiger partial charge in [-0.25, -0.2) is 9.97 Å². The number of aryl methyl sites for hydroxylation is 3. The molecule has 0 fully saturated rings. The zero-order chi connectivity index (χ0) is 32.0. The zero-order valence-electron chi connectivity index (χ0n) is 26.5. The van der Waals surface area contributed by atoms with Gasteiger partial charge in [0.05, 0.1) is 35.0 Å². The Morgan fingerprint density at radius 2 is 1.20 bits per heavy atom. The van der Waals surface area contributed by atoms with Crippen LogP contribution in [0.1, 0.15) is 98.1 Å². The molecule has 45 heavy (non-hydrogen) atoms. The predicted octanol–water partition coefficient (Wildman–Crippen LogP) is 4.93. The van der Waals surface area contributed by atoms with E-state index in [1.54, 1.807) is 13.8 Å². The Balaban J connectivity index is 0.00000461. The molecule has 3 aromatic heterocycles. The Morgan fingerprint density at radius 3 is 1.82 bits per heavy atom. The number of nitrogens with one attached hydrogen (secondary N) is 2. The number of fused-ring (bicyclic) bond motifs is 8. The van der Waals surface area contributed by atoms with Gasteiger partial charge in [-0.3, -0.25) is 9.59 Å². The Morgan fingerprint density at radius 1 is 0.689 bits per heavy atom. The number of aliphatic carboxylic acids is 2. The minimum atomic E-state index is -0.917. The van der Waals surface area contributed by atoms with E-state index in [-0.39, 0.29) is 50.1 Å². The second kappa shape index (κ2) is 13.3. The molecule has 2 atom stereocenters. The van der Waals surface area contributed by atoms with E-state index in [9.17, 15) is 30.0 Å². The molecule has 0 saturated carbocycles. The first-order valence-electron chi connectivity index (χ1n) is 14.7. The number of H-pyrrole nitrogens is 2. The van der Waals surface area contributed by atoms with E-state index >= 15 is 0 Å². The summed E-state index contributed by atoms with van der Waals surface area (Å²) in [4.78, 5) is 39.8. The topological polar surface area (TPSA) is 172 Å². The normalized spacial score (nSPS) is 14.4. The van der Waals surface area contributed by atoms with Gasteiger partial charge in [0.15, 0.2) is 0 Å². The van der Waals surface area contributed by atoms with E-state index < -0.39 is 24.1 Å². The second-order valence-corrected chi connectivity index (χ2v) is 11.7. The third-order valence-corrected chi connectivity index (χ3v) is 8.65. The molecule has 0 aliphatic carbocycles. The fraction of sp³-hybridized carbons (Fsp3) is 0.353. The Labute approximate surface area is 278 Å². The van der Waals surface area contributed by atoms with E-state index in [4.69, 9.17) is 9.97 Å². The van der Waals surface area contributed by atoms with Crippen molar-refractivity contribution < 1.29 is 30.0 Å². The number of aromatic amines is 2. The summed E-state index contributed by atoms with van der Waals surface area (Å²) in [5, 5.41) is 40.5. The summed E-state index contributed by atoms with van der Waals surface area (Å²) in [6.07, 6.45) is -1.16. The number of hydrogen-bond acceptors (Lipinski definition) is 6. The quantitative estimate of drug-likeness (QED) is 0.178. The SMILES string of the molecule is CC1=C(CCC(=O)O)c2cc3[nH]c(cc4nc(cc5[nH]c(cc1n2)c(C(C)O)c5C)C(C(C)O)=C4C)c(C)c3CCC(=O)O.[SbH3]. The molecule has 238 valence electrons. The molecular weight excluding hydrogens is 682 g/mol. The number of hydrogen-bond donors (Lipinski definition) is 6. The van der Waals surface area contributed by atoms with Crippen LogP contribution in [0.2, 0.25) is 0 Å². The van der Waals surface area contributed by atoms with Crippen LogP contribution in [0, 0.1) is 13.8 Å². The Kier molecular flexibility index (Phi) is 10.1. The molecule has 10 nitrogen and oxygen atoms in total. The van der Waals surface area contributed by atoms with E-state index in [2.05, 4.69) is 9.97 Å². The van der Waals surface area contributed by atoms with Crippen LogP contribution in [-0.4, -0.2) is 82.8 Å². The van der Waals surface area contributed by atoms with Crippen molar-refractivity contribution in [3.63, 3.8) is 0 Å². The molecule has 3 aromatic rings. The minimum absolute atomic E-state index is 0. The summed E-state index contributed by atoms with van der Waals surface area (Å²) in [7, 11) is 0. The fourth-order valence-electron chi connectivity index (χ4n) is 6.31. The number of allylic oxidation sites excluding steroid dienone is 3. The molecule has 2 unspecified atom stereocenters. The van der Waals surface area contributed by atoms with E-state index in [1.165, 1.54) is 0 Å². The molecule has 2 aliphatic heterocycles. The van der Waals surface area contributed by atoms with Crippen molar-refractivity contribution in [2.45, 2.75) is 79.4 Å². The van der Waals surface area contributed by atoms with Crippen LogP contribution in [-0.2, 0) is 16.0 Å². The maximum atomic E-state index is 11.6. The summed E-state index contributed by atoms with van der Waals surface area (Å²) < 4.78 is 0. The number of carboxylic acids is 2. The van der Waals surface area contributed by atoms with Crippen molar-refractivity contribution in [3.8, 4) is 0 Å². The summed E-state index contributed by atoms with van der Waals surface area (Å²) in [5.74, 6) is -1.83. The molecule has 0 saturated heterocycles. The summed E-state index contributed by atoms with van der Waals surface area (Å²) in [6, 6.07) is 7.51. The van der Waals surface area contributed by atoms with Gasteiger partial charge in [0.2, 0.25) is 0 Å². The third kappa shape index (κ3) is 6.64. The second-order valence-electron chi connectivity index (χ2n) is 11.7. The van der Waals surface area contributed by atoms with Crippen LogP contribution in [0.4, 0.5) is 0 Å². The molecule has 0 radical (unpaired) electrons. The van der Waals surface area contributed by atoms with Crippen LogP contribution >= 0.6 is 0 Å². The summed E-state index contributed by atoms with van der Waals surface area (Å²) in [6.45, 7) is 11.1. The van der Waals surface area contributed by atoms with Gasteiger partial charge in [0.1, 0.15) is 0 Å². The first-order valence-corrected chi connectivity index (χ1v) is 14.7. The number of carbonyl (C=O) groups is 2. The number of aromatic nitrogens is 4. The first kappa shape index (κ1) is 34.2. The van der Waals surface area contributed by atoms with E-state index in [0.717, 1.165) is 44.4 Å². The van der Waals surface area contributed by atoms with Gasteiger partial charge in [0, 0.05) is 46.0 Å². The number of rotatable bonds is 8. The molecule has 8 bridgehead atoms. The standard InChI is InChI=1S/C34H38N4O6.Sb.3H/c1-15-21(7-9-31(41)42)27-14-28-22(8-10-32(43)44)16(2)24(36-28)12-29-34(20(6)40)18(4)26(38-29)13-30-33(19(5)39)17(3)25(37-30)11-23(15)35-27;;;;/h11-14,19-20,35,38-40H,7-10H2,1-6H3,(H,41,42)(H,43,44);;;;. The van der Waals surface area contributed by atoms with Crippen molar-refractivity contribution in [2.24, 2.45) is 0 Å². The van der Waals surface area contributed by atoms with Crippen LogP contribution < -0.4 is 0 Å². The summed E-state index contributed by atoms with van der Waals surface area (Å²) in [5.41, 5.74) is 11.7. The average molecular weight is 723 g/mol. The van der Waals surface area contributed by atoms with Crippen molar-refractivity contribution in [2.75, 3.05) is 0 Å². The maximum absolute atomic E-state index is 11.6. The van der Waals surface area contributed by atoms with Gasteiger partial charge in [-0.15, -0.1) is 0 Å². The molecule has 5 rings (SSSR count). The number of aliphatic hydroxyl groups excluding tert-OH is 2. The Hall–Kier alpha value is -3.72. The number of aliphatic hydroxyl groups is 2. The predicted molar refractivity (Wildman–Crippen MR) is 181 cm³/mol. The van der Waals surface area contributed by atoms with Gasteiger partial charge >= 0.3 is 36.4 Å². The Bertz CT molecular complexity index is 1930. The fourth-order valence-corrected chi connectivity index (χ4v) is 6.31. The van der Waals surface area contributed by atoms with Gasteiger partial charge in [-0.05, 0) is 112 Å². The molecule has 0 spiro atoms. The molecule has 0 amide bonds. The van der Waals surface area contributed by atoms with Crippen LogP contribution in [0.3, 0.4) is 0 Å². The first-order chi connectivity index (χ1) is 20.8. The van der Waals surface area contributed by atoms with Gasteiger partial charge in [-0.1, -0.05) is 0 Å². The van der Waals surface area contributed by atoms with Crippen molar-refractivity contribution >= 4 is 80.7 Å². The molecule has 2 aliphatic rings. The van der Waals surface area contributed by atoms with Crippen molar-refractivity contribution in [1.29, 1.82) is 0 Å². The van der Waals surface area contributed by atoms with Crippen molar-refractivity contribution in [1.82, 2.24) is 19.9 Å². The molecule has 11 heteroatoms. The molecule has 0 aromatic carbocycles. The monoisotopic (exact) mass is 722 g/mol. The third-order valence-electron chi connectivity index (χ3n) is 8.65. The average Bonchev–Trinajstić information content (AvgIpc) is 3.59. The van der Waals surface area contributed by atoms with Crippen LogP contribution in [0.5, 0.6) is 0 Å². The van der Waals surface area contributed by atoms with Crippen molar-refractivity contribution in [3.05, 3.63) is 69.3 Å². The molecular formula is C34H41N4O6Sb. The van der Waals surface area contributed by atoms with Crippen LogP contribution in [0.15, 0.2) is 24.3 Å². The number of nitrogens with zero attached hydrogens (tertiary/aromatic N) is 2. The number of carboxylic acid groups (broad SMARTS) is 2. The van der Waals surface area contributed by atoms with E-state index in [0.29, 0.717) is 44.9 Å². The molecule has 6 N–H and O–H groups in total. The van der Waals surface area contributed by atoms with Gasteiger partial charge in [0.25, 0.3) is 0 Å².